The Morgan fingerprint density at radius 1 is 1.22 bits per heavy atom. The molecule has 0 N–H and O–H groups in total. The highest BCUT2D eigenvalue weighted by atomic mass is 16.6. The lowest BCUT2D eigenvalue weighted by Gasteiger charge is -2.33. The zero-order valence-corrected chi connectivity index (χ0v) is 14.0. The number of esters is 1. The number of carbonyl (C=O) groups excluding carboxylic acids is 1. The predicted molar refractivity (Wildman–Crippen MR) is 88.0 cm³/mol. The molecule has 0 saturated carbocycles. The fraction of sp³-hybridized carbons (Fsp3) is 0.562. The van der Waals surface area contributed by atoms with Gasteiger partial charge in [0.1, 0.15) is 11.3 Å². The third-order valence-electron chi connectivity index (χ3n) is 3.65. The van der Waals surface area contributed by atoms with Crippen LogP contribution in [0.15, 0.2) is 18.2 Å². The smallest absolute Gasteiger partial charge is 0.338 e. The Hall–Kier alpha value is -2.15. The molecule has 0 amide bonds. The third-order valence-corrected chi connectivity index (χ3v) is 3.65. The van der Waals surface area contributed by atoms with E-state index in [0.717, 1.165) is 13.1 Å². The van der Waals surface area contributed by atoms with Crippen LogP contribution in [0.4, 0.5) is 11.4 Å². The maximum atomic E-state index is 12.2. The van der Waals surface area contributed by atoms with Crippen molar-refractivity contribution < 1.29 is 14.5 Å². The summed E-state index contributed by atoms with van der Waals surface area (Å²) in [5, 5.41) is 11.3. The van der Waals surface area contributed by atoms with Gasteiger partial charge in [0.05, 0.1) is 10.5 Å². The molecule has 0 atom stereocenters. The molecule has 1 fully saturated rings. The number of nitro benzene ring substituents is 1. The molecule has 2 rings (SSSR count). The van der Waals surface area contributed by atoms with Crippen LogP contribution in [0.5, 0.6) is 0 Å². The van der Waals surface area contributed by atoms with E-state index in [-0.39, 0.29) is 5.69 Å². The molecule has 1 aromatic rings. The molecule has 0 aliphatic carbocycles. The molecule has 0 bridgehead atoms. The summed E-state index contributed by atoms with van der Waals surface area (Å²) in [6.07, 6.45) is 0. The Balaban J connectivity index is 2.32. The van der Waals surface area contributed by atoms with E-state index < -0.39 is 16.5 Å². The highest BCUT2D eigenvalue weighted by molar-refractivity contribution is 5.92. The summed E-state index contributed by atoms with van der Waals surface area (Å²) >= 11 is 0. The van der Waals surface area contributed by atoms with Crippen LogP contribution < -0.4 is 4.90 Å². The Bertz CT molecular complexity index is 602. The van der Waals surface area contributed by atoms with Gasteiger partial charge in [-0.25, -0.2) is 4.79 Å². The van der Waals surface area contributed by atoms with Crippen molar-refractivity contribution in [2.75, 3.05) is 38.1 Å². The van der Waals surface area contributed by atoms with Crippen LogP contribution in [0, 0.1) is 10.1 Å². The molecule has 0 spiro atoms. The average Bonchev–Trinajstić information content (AvgIpc) is 2.45. The number of anilines is 1. The van der Waals surface area contributed by atoms with Gasteiger partial charge >= 0.3 is 5.97 Å². The molecule has 0 radical (unpaired) electrons. The fourth-order valence-corrected chi connectivity index (χ4v) is 2.44. The molecule has 1 heterocycles. The van der Waals surface area contributed by atoms with Crippen LogP contribution in [-0.2, 0) is 4.74 Å². The van der Waals surface area contributed by atoms with Crippen molar-refractivity contribution in [3.63, 3.8) is 0 Å². The van der Waals surface area contributed by atoms with E-state index in [1.54, 1.807) is 26.8 Å². The number of hydrogen-bond donors (Lipinski definition) is 0. The maximum Gasteiger partial charge on any atom is 0.338 e. The van der Waals surface area contributed by atoms with Gasteiger partial charge < -0.3 is 14.5 Å². The zero-order chi connectivity index (χ0) is 17.2. The Kier molecular flexibility index (Phi) is 4.89. The summed E-state index contributed by atoms with van der Waals surface area (Å²) in [4.78, 5) is 27.2. The number of piperazine rings is 1. The number of carbonyl (C=O) groups is 1. The van der Waals surface area contributed by atoms with Gasteiger partial charge in [-0.2, -0.15) is 0 Å². The molecule has 1 saturated heterocycles. The number of likely N-dealkylation sites (N-methyl/N-ethyl adjacent to an activating group) is 1. The lowest BCUT2D eigenvalue weighted by Crippen LogP contribution is -2.44. The molecule has 126 valence electrons. The lowest BCUT2D eigenvalue weighted by atomic mass is 10.1. The minimum Gasteiger partial charge on any atom is -0.456 e. The average molecular weight is 321 g/mol. The number of hydrogen-bond acceptors (Lipinski definition) is 6. The van der Waals surface area contributed by atoms with Gasteiger partial charge in [-0.05, 0) is 40.0 Å². The molecule has 1 aromatic carbocycles. The molecule has 7 heteroatoms. The van der Waals surface area contributed by atoms with Gasteiger partial charge in [0.25, 0.3) is 5.69 Å². The van der Waals surface area contributed by atoms with Gasteiger partial charge in [0.15, 0.2) is 0 Å². The fourth-order valence-electron chi connectivity index (χ4n) is 2.44. The molecular weight excluding hydrogens is 298 g/mol. The van der Waals surface area contributed by atoms with Crippen molar-refractivity contribution >= 4 is 17.3 Å². The topological polar surface area (TPSA) is 75.9 Å². The number of rotatable bonds is 3. The Morgan fingerprint density at radius 3 is 2.35 bits per heavy atom. The first-order chi connectivity index (χ1) is 10.7. The van der Waals surface area contributed by atoms with E-state index in [0.29, 0.717) is 24.3 Å². The largest absolute Gasteiger partial charge is 0.456 e. The molecule has 7 nitrogen and oxygen atoms in total. The van der Waals surface area contributed by atoms with Crippen molar-refractivity contribution in [2.45, 2.75) is 26.4 Å². The van der Waals surface area contributed by atoms with Gasteiger partial charge in [-0.15, -0.1) is 0 Å². The van der Waals surface area contributed by atoms with Crippen LogP contribution in [0.3, 0.4) is 0 Å². The van der Waals surface area contributed by atoms with Crippen LogP contribution in [0.2, 0.25) is 0 Å². The third kappa shape index (κ3) is 4.41. The maximum absolute atomic E-state index is 12.2. The van der Waals surface area contributed by atoms with E-state index >= 15 is 0 Å². The first kappa shape index (κ1) is 17.2. The molecule has 23 heavy (non-hydrogen) atoms. The van der Waals surface area contributed by atoms with Gasteiger partial charge in [-0.3, -0.25) is 10.1 Å². The summed E-state index contributed by atoms with van der Waals surface area (Å²) in [6.45, 7) is 8.40. The van der Waals surface area contributed by atoms with Crippen LogP contribution in [0.1, 0.15) is 31.1 Å². The number of nitrogens with zero attached hydrogens (tertiary/aromatic N) is 3. The Morgan fingerprint density at radius 2 is 1.83 bits per heavy atom. The van der Waals surface area contributed by atoms with Crippen molar-refractivity contribution in [3.05, 3.63) is 33.9 Å². The molecular formula is C16H23N3O4. The lowest BCUT2D eigenvalue weighted by molar-refractivity contribution is -0.384. The molecule has 1 aliphatic heterocycles. The standard InChI is InChI=1S/C16H23N3O4/c1-16(2,3)23-15(20)12-5-6-13(19(21)22)14(11-12)18-9-7-17(4)8-10-18/h5-6,11H,7-10H2,1-4H3. The zero-order valence-electron chi connectivity index (χ0n) is 14.0. The second-order valence-corrected chi connectivity index (χ2v) is 6.75. The summed E-state index contributed by atoms with van der Waals surface area (Å²) in [5.41, 5.74) is 0.222. The van der Waals surface area contributed by atoms with Crippen molar-refractivity contribution in [1.82, 2.24) is 4.90 Å². The van der Waals surface area contributed by atoms with E-state index in [2.05, 4.69) is 4.90 Å². The molecule has 0 unspecified atom stereocenters. The highest BCUT2D eigenvalue weighted by Crippen LogP contribution is 2.30. The van der Waals surface area contributed by atoms with Crippen molar-refractivity contribution in [3.8, 4) is 0 Å². The van der Waals surface area contributed by atoms with Crippen molar-refractivity contribution in [1.29, 1.82) is 0 Å². The number of benzene rings is 1. The molecule has 0 aromatic heterocycles. The summed E-state index contributed by atoms with van der Waals surface area (Å²) in [5.74, 6) is -0.470. The molecule has 1 aliphatic rings. The van der Waals surface area contributed by atoms with E-state index in [9.17, 15) is 14.9 Å². The summed E-state index contributed by atoms with van der Waals surface area (Å²) in [6, 6.07) is 4.40. The van der Waals surface area contributed by atoms with E-state index in [1.807, 2.05) is 11.9 Å². The van der Waals surface area contributed by atoms with Crippen LogP contribution in [-0.4, -0.2) is 54.6 Å². The first-order valence-electron chi connectivity index (χ1n) is 7.62. The van der Waals surface area contributed by atoms with Gasteiger partial charge in [0, 0.05) is 32.2 Å². The minimum atomic E-state index is -0.604. The second kappa shape index (κ2) is 6.54. The van der Waals surface area contributed by atoms with E-state index in [4.69, 9.17) is 4.74 Å². The highest BCUT2D eigenvalue weighted by Gasteiger charge is 2.25. The van der Waals surface area contributed by atoms with Gasteiger partial charge in [0.2, 0.25) is 0 Å². The monoisotopic (exact) mass is 321 g/mol. The van der Waals surface area contributed by atoms with Crippen molar-refractivity contribution in [2.24, 2.45) is 0 Å². The van der Waals surface area contributed by atoms with E-state index in [1.165, 1.54) is 12.1 Å². The van der Waals surface area contributed by atoms with Gasteiger partial charge in [-0.1, -0.05) is 0 Å². The SMILES string of the molecule is CN1CCN(c2cc(C(=O)OC(C)(C)C)ccc2[N+](=O)[O-])CC1. The van der Waals surface area contributed by atoms with Crippen LogP contribution in [0.25, 0.3) is 0 Å². The summed E-state index contributed by atoms with van der Waals surface area (Å²) < 4.78 is 5.35. The second-order valence-electron chi connectivity index (χ2n) is 6.75. The number of nitro groups is 1. The normalized spacial score (nSPS) is 16.3. The number of ether oxygens (including phenoxy) is 1. The van der Waals surface area contributed by atoms with Crippen LogP contribution >= 0.6 is 0 Å². The predicted octanol–water partition coefficient (Wildman–Crippen LogP) is 2.30. The first-order valence-corrected chi connectivity index (χ1v) is 7.62. The summed E-state index contributed by atoms with van der Waals surface area (Å²) in [7, 11) is 2.02. The Labute approximate surface area is 136 Å². The quantitative estimate of drug-likeness (QED) is 0.483. The minimum absolute atomic E-state index is 0.0156.